The highest BCUT2D eigenvalue weighted by molar-refractivity contribution is 5.79. The Labute approximate surface area is 145 Å². The van der Waals surface area contributed by atoms with Crippen molar-refractivity contribution in [3.05, 3.63) is 29.8 Å². The molecule has 2 fully saturated rings. The zero-order valence-electron chi connectivity index (χ0n) is 15.0. The highest BCUT2D eigenvalue weighted by Gasteiger charge is 2.33. The van der Waals surface area contributed by atoms with Crippen LogP contribution < -0.4 is 10.1 Å². The van der Waals surface area contributed by atoms with Crippen molar-refractivity contribution in [1.82, 2.24) is 10.2 Å². The SMILES string of the molecule is COc1ccccc1C(CNC(=O)C(C)C1CC1)N1CCCCC1. The summed E-state index contributed by atoms with van der Waals surface area (Å²) in [4.78, 5) is 14.9. The standard InChI is InChI=1S/C20H30N2O2/c1-15(16-10-11-16)20(23)21-14-18(22-12-6-3-7-13-22)17-8-4-5-9-19(17)24-2/h4-5,8-9,15-16,18H,3,6-7,10-14H2,1-2H3,(H,21,23). The number of hydrogen-bond acceptors (Lipinski definition) is 3. The molecule has 1 N–H and O–H groups in total. The molecule has 4 heteroatoms. The zero-order valence-corrected chi connectivity index (χ0v) is 15.0. The highest BCUT2D eigenvalue weighted by atomic mass is 16.5. The number of ether oxygens (including phenoxy) is 1. The Balaban J connectivity index is 1.72. The van der Waals surface area contributed by atoms with Crippen LogP contribution in [-0.2, 0) is 4.79 Å². The number of likely N-dealkylation sites (tertiary alicyclic amines) is 1. The van der Waals surface area contributed by atoms with E-state index in [1.807, 2.05) is 12.1 Å². The van der Waals surface area contributed by atoms with Gasteiger partial charge in [0.1, 0.15) is 5.75 Å². The lowest BCUT2D eigenvalue weighted by atomic mass is 9.99. The second-order valence-electron chi connectivity index (χ2n) is 7.23. The van der Waals surface area contributed by atoms with Crippen LogP contribution >= 0.6 is 0 Å². The number of methoxy groups -OCH3 is 1. The lowest BCUT2D eigenvalue weighted by Gasteiger charge is -2.35. The van der Waals surface area contributed by atoms with Crippen LogP contribution in [0.5, 0.6) is 5.75 Å². The van der Waals surface area contributed by atoms with E-state index in [2.05, 4.69) is 29.3 Å². The third kappa shape index (κ3) is 4.10. The average Bonchev–Trinajstić information content (AvgIpc) is 3.47. The van der Waals surface area contributed by atoms with Crippen LogP contribution in [0.3, 0.4) is 0 Å². The molecule has 1 saturated carbocycles. The van der Waals surface area contributed by atoms with E-state index >= 15 is 0 Å². The van der Waals surface area contributed by atoms with E-state index in [-0.39, 0.29) is 17.9 Å². The molecule has 132 valence electrons. The topological polar surface area (TPSA) is 41.6 Å². The highest BCUT2D eigenvalue weighted by Crippen LogP contribution is 2.37. The van der Waals surface area contributed by atoms with Gasteiger partial charge in [-0.15, -0.1) is 0 Å². The Morgan fingerprint density at radius 2 is 1.96 bits per heavy atom. The fourth-order valence-electron chi connectivity index (χ4n) is 3.78. The summed E-state index contributed by atoms with van der Waals surface area (Å²) in [6.07, 6.45) is 6.18. The summed E-state index contributed by atoms with van der Waals surface area (Å²) < 4.78 is 5.58. The molecule has 4 nitrogen and oxygen atoms in total. The van der Waals surface area contributed by atoms with Crippen molar-refractivity contribution in [3.63, 3.8) is 0 Å². The molecule has 24 heavy (non-hydrogen) atoms. The Bertz CT molecular complexity index is 550. The third-order valence-corrected chi connectivity index (χ3v) is 5.54. The van der Waals surface area contributed by atoms with Crippen molar-refractivity contribution >= 4 is 5.91 Å². The van der Waals surface area contributed by atoms with Crippen LogP contribution in [0.2, 0.25) is 0 Å². The third-order valence-electron chi connectivity index (χ3n) is 5.54. The van der Waals surface area contributed by atoms with Gasteiger partial charge in [-0.25, -0.2) is 0 Å². The van der Waals surface area contributed by atoms with E-state index < -0.39 is 0 Å². The smallest absolute Gasteiger partial charge is 0.223 e. The number of piperidine rings is 1. The minimum atomic E-state index is 0.143. The first-order valence-corrected chi connectivity index (χ1v) is 9.35. The van der Waals surface area contributed by atoms with Crippen molar-refractivity contribution in [2.45, 2.75) is 45.1 Å². The normalized spacial score (nSPS) is 21.1. The van der Waals surface area contributed by atoms with Gasteiger partial charge in [-0.3, -0.25) is 9.69 Å². The van der Waals surface area contributed by atoms with Gasteiger partial charge in [-0.1, -0.05) is 31.5 Å². The molecule has 3 rings (SSSR count). The molecule has 0 bridgehead atoms. The zero-order chi connectivity index (χ0) is 16.9. The molecule has 0 spiro atoms. The number of carbonyl (C=O) groups excluding carboxylic acids is 1. The largest absolute Gasteiger partial charge is 0.496 e. The molecule has 2 atom stereocenters. The Kier molecular flexibility index (Phi) is 5.77. The van der Waals surface area contributed by atoms with Crippen LogP contribution in [0, 0.1) is 11.8 Å². The van der Waals surface area contributed by atoms with Gasteiger partial charge < -0.3 is 10.1 Å². The molecular weight excluding hydrogens is 300 g/mol. The Morgan fingerprint density at radius 1 is 1.25 bits per heavy atom. The summed E-state index contributed by atoms with van der Waals surface area (Å²) in [5, 5.41) is 3.21. The van der Waals surface area contributed by atoms with Gasteiger partial charge in [-0.05, 0) is 50.8 Å². The first kappa shape index (κ1) is 17.3. The van der Waals surface area contributed by atoms with Crippen LogP contribution in [0.25, 0.3) is 0 Å². The lowest BCUT2D eigenvalue weighted by molar-refractivity contribution is -0.125. The van der Waals surface area contributed by atoms with Crippen LogP contribution in [0.4, 0.5) is 0 Å². The molecule has 1 heterocycles. The number of rotatable bonds is 7. The minimum absolute atomic E-state index is 0.143. The number of nitrogens with one attached hydrogen (secondary N) is 1. The fraction of sp³-hybridized carbons (Fsp3) is 0.650. The van der Waals surface area contributed by atoms with E-state index in [0.29, 0.717) is 12.5 Å². The van der Waals surface area contributed by atoms with E-state index in [9.17, 15) is 4.79 Å². The average molecular weight is 330 g/mol. The second kappa shape index (κ2) is 8.02. The van der Waals surface area contributed by atoms with E-state index in [1.54, 1.807) is 7.11 Å². The first-order valence-electron chi connectivity index (χ1n) is 9.35. The number of para-hydroxylation sites is 1. The molecular formula is C20H30N2O2. The molecule has 0 aromatic heterocycles. The van der Waals surface area contributed by atoms with Crippen molar-refractivity contribution < 1.29 is 9.53 Å². The number of hydrogen-bond donors (Lipinski definition) is 1. The van der Waals surface area contributed by atoms with Crippen molar-refractivity contribution in [3.8, 4) is 5.75 Å². The number of benzene rings is 1. The van der Waals surface area contributed by atoms with Crippen molar-refractivity contribution in [2.75, 3.05) is 26.7 Å². The quantitative estimate of drug-likeness (QED) is 0.833. The number of amides is 1. The van der Waals surface area contributed by atoms with E-state index in [0.717, 1.165) is 18.8 Å². The van der Waals surface area contributed by atoms with E-state index in [4.69, 9.17) is 4.74 Å². The number of nitrogens with zero attached hydrogens (tertiary/aromatic N) is 1. The first-order chi connectivity index (χ1) is 11.7. The van der Waals surface area contributed by atoms with Gasteiger partial charge in [0.2, 0.25) is 5.91 Å². The monoisotopic (exact) mass is 330 g/mol. The second-order valence-corrected chi connectivity index (χ2v) is 7.23. The summed E-state index contributed by atoms with van der Waals surface area (Å²) in [6.45, 7) is 4.91. The maximum atomic E-state index is 12.4. The predicted octanol–water partition coefficient (Wildman–Crippen LogP) is 3.38. The predicted molar refractivity (Wildman–Crippen MR) is 96.1 cm³/mol. The maximum Gasteiger partial charge on any atom is 0.223 e. The summed E-state index contributed by atoms with van der Waals surface area (Å²) >= 11 is 0. The molecule has 2 unspecified atom stereocenters. The van der Waals surface area contributed by atoms with Gasteiger partial charge in [0.15, 0.2) is 0 Å². The van der Waals surface area contributed by atoms with Gasteiger partial charge in [0.05, 0.1) is 13.2 Å². The molecule has 1 aliphatic carbocycles. The van der Waals surface area contributed by atoms with Crippen LogP contribution in [0.1, 0.15) is 50.6 Å². The van der Waals surface area contributed by atoms with Gasteiger partial charge >= 0.3 is 0 Å². The maximum absolute atomic E-state index is 12.4. The molecule has 1 saturated heterocycles. The molecule has 2 aliphatic rings. The minimum Gasteiger partial charge on any atom is -0.496 e. The molecule has 1 aromatic rings. The van der Waals surface area contributed by atoms with Crippen LogP contribution in [-0.4, -0.2) is 37.6 Å². The van der Waals surface area contributed by atoms with Crippen LogP contribution in [0.15, 0.2) is 24.3 Å². The Hall–Kier alpha value is -1.55. The lowest BCUT2D eigenvalue weighted by Crippen LogP contribution is -2.42. The summed E-state index contributed by atoms with van der Waals surface area (Å²) in [5.41, 5.74) is 1.18. The van der Waals surface area contributed by atoms with Gasteiger partial charge in [0.25, 0.3) is 0 Å². The fourth-order valence-corrected chi connectivity index (χ4v) is 3.78. The van der Waals surface area contributed by atoms with Crippen molar-refractivity contribution in [1.29, 1.82) is 0 Å². The summed E-state index contributed by atoms with van der Waals surface area (Å²) in [7, 11) is 1.72. The number of carbonyl (C=O) groups is 1. The summed E-state index contributed by atoms with van der Waals surface area (Å²) in [6, 6.07) is 8.40. The molecule has 1 aliphatic heterocycles. The molecule has 1 aromatic carbocycles. The summed E-state index contributed by atoms with van der Waals surface area (Å²) in [5.74, 6) is 1.86. The van der Waals surface area contributed by atoms with Gasteiger partial charge in [0, 0.05) is 18.0 Å². The van der Waals surface area contributed by atoms with Crippen molar-refractivity contribution in [2.24, 2.45) is 11.8 Å². The molecule has 1 amide bonds. The molecule has 0 radical (unpaired) electrons. The Morgan fingerprint density at radius 3 is 2.62 bits per heavy atom. The van der Waals surface area contributed by atoms with Gasteiger partial charge in [-0.2, -0.15) is 0 Å². The van der Waals surface area contributed by atoms with E-state index in [1.165, 1.54) is 37.7 Å².